The van der Waals surface area contributed by atoms with Crippen LogP contribution in [0.25, 0.3) is 0 Å². The van der Waals surface area contributed by atoms with E-state index in [1.165, 1.54) is 218 Å². The van der Waals surface area contributed by atoms with Crippen molar-refractivity contribution in [2.45, 2.75) is 336 Å². The van der Waals surface area contributed by atoms with Crippen molar-refractivity contribution in [3.63, 3.8) is 0 Å². The van der Waals surface area contributed by atoms with Gasteiger partial charge in [0.1, 0.15) is 13.2 Å². The van der Waals surface area contributed by atoms with Gasteiger partial charge < -0.3 is 14.2 Å². The largest absolute Gasteiger partial charge is 0.462 e. The van der Waals surface area contributed by atoms with Crippen molar-refractivity contribution in [3.8, 4) is 0 Å². The van der Waals surface area contributed by atoms with Crippen molar-refractivity contribution in [1.29, 1.82) is 0 Å². The standard InChI is InChI=1S/C59H114O6/c1-6-7-8-9-10-11-12-24-29-34-39-44-49-57(60)63-52-56(65-59(62)51-46-41-36-31-26-21-17-19-23-28-33-38-43-48-55(4)5)53-64-58(61)50-45-40-35-30-25-20-16-14-13-15-18-22-27-32-37-42-47-54(2)3/h54-56H,6-53H2,1-5H3/t56-/m0/s1. The van der Waals surface area contributed by atoms with Gasteiger partial charge in [-0.15, -0.1) is 0 Å². The Labute approximate surface area is 406 Å². The number of carbonyl (C=O) groups is 3. The second-order valence-corrected chi connectivity index (χ2v) is 21.2. The van der Waals surface area contributed by atoms with E-state index in [-0.39, 0.29) is 31.1 Å². The Hall–Kier alpha value is -1.59. The third-order valence-corrected chi connectivity index (χ3v) is 13.5. The van der Waals surface area contributed by atoms with Gasteiger partial charge in [-0.25, -0.2) is 0 Å². The maximum atomic E-state index is 12.8. The molecule has 0 rings (SSSR count). The molecule has 6 nitrogen and oxygen atoms in total. The van der Waals surface area contributed by atoms with Gasteiger partial charge in [-0.05, 0) is 31.1 Å². The van der Waals surface area contributed by atoms with Gasteiger partial charge >= 0.3 is 17.9 Å². The van der Waals surface area contributed by atoms with Crippen molar-refractivity contribution in [1.82, 2.24) is 0 Å². The lowest BCUT2D eigenvalue weighted by Gasteiger charge is -2.18. The van der Waals surface area contributed by atoms with Crippen LogP contribution in [0, 0.1) is 11.8 Å². The van der Waals surface area contributed by atoms with Crippen LogP contribution < -0.4 is 0 Å². The van der Waals surface area contributed by atoms with Crippen LogP contribution in [0.3, 0.4) is 0 Å². The van der Waals surface area contributed by atoms with Crippen molar-refractivity contribution in [3.05, 3.63) is 0 Å². The molecule has 65 heavy (non-hydrogen) atoms. The minimum absolute atomic E-state index is 0.0625. The quantitative estimate of drug-likeness (QED) is 0.0344. The molecule has 0 heterocycles. The van der Waals surface area contributed by atoms with E-state index in [9.17, 15) is 14.4 Å². The fourth-order valence-electron chi connectivity index (χ4n) is 9.05. The molecule has 6 heteroatoms. The van der Waals surface area contributed by atoms with Crippen LogP contribution >= 0.6 is 0 Å². The molecule has 386 valence electrons. The fourth-order valence-corrected chi connectivity index (χ4v) is 9.05. The van der Waals surface area contributed by atoms with Gasteiger partial charge in [-0.1, -0.05) is 291 Å². The zero-order valence-corrected chi connectivity index (χ0v) is 44.6. The van der Waals surface area contributed by atoms with Gasteiger partial charge in [0, 0.05) is 19.3 Å². The number of rotatable bonds is 53. The summed E-state index contributed by atoms with van der Waals surface area (Å²) >= 11 is 0. The van der Waals surface area contributed by atoms with Crippen LogP contribution in [0.1, 0.15) is 330 Å². The van der Waals surface area contributed by atoms with E-state index in [1.54, 1.807) is 0 Å². The lowest BCUT2D eigenvalue weighted by molar-refractivity contribution is -0.167. The molecule has 0 unspecified atom stereocenters. The number of hydrogen-bond acceptors (Lipinski definition) is 6. The molecule has 0 aliphatic rings. The lowest BCUT2D eigenvalue weighted by atomic mass is 10.0. The van der Waals surface area contributed by atoms with Gasteiger partial charge in [-0.2, -0.15) is 0 Å². The zero-order valence-electron chi connectivity index (χ0n) is 44.6. The van der Waals surface area contributed by atoms with E-state index in [0.29, 0.717) is 19.3 Å². The summed E-state index contributed by atoms with van der Waals surface area (Å²) in [5.74, 6) is 0.853. The van der Waals surface area contributed by atoms with Gasteiger partial charge in [0.25, 0.3) is 0 Å². The summed E-state index contributed by atoms with van der Waals surface area (Å²) in [7, 11) is 0. The van der Waals surface area contributed by atoms with Crippen LogP contribution in [0.5, 0.6) is 0 Å². The van der Waals surface area contributed by atoms with E-state index >= 15 is 0 Å². The summed E-state index contributed by atoms with van der Waals surface area (Å²) in [5, 5.41) is 0. The smallest absolute Gasteiger partial charge is 0.306 e. The van der Waals surface area contributed by atoms with Crippen LogP contribution in [0.2, 0.25) is 0 Å². The first kappa shape index (κ1) is 63.4. The predicted octanol–water partition coefficient (Wildman–Crippen LogP) is 19.3. The maximum absolute atomic E-state index is 12.8. The first-order valence-corrected chi connectivity index (χ1v) is 29.2. The van der Waals surface area contributed by atoms with Crippen LogP contribution in [-0.2, 0) is 28.6 Å². The fraction of sp³-hybridized carbons (Fsp3) is 0.949. The van der Waals surface area contributed by atoms with Gasteiger partial charge in [-0.3, -0.25) is 14.4 Å². The molecule has 0 aliphatic carbocycles. The molecule has 0 saturated carbocycles. The highest BCUT2D eigenvalue weighted by Crippen LogP contribution is 2.18. The van der Waals surface area contributed by atoms with E-state index in [4.69, 9.17) is 14.2 Å². The molecule has 0 fully saturated rings. The number of unbranched alkanes of at least 4 members (excludes halogenated alkanes) is 38. The summed E-state index contributed by atoms with van der Waals surface area (Å²) < 4.78 is 16.9. The summed E-state index contributed by atoms with van der Waals surface area (Å²) in [6.45, 7) is 11.4. The lowest BCUT2D eigenvalue weighted by Crippen LogP contribution is -2.30. The molecule has 0 aliphatic heterocycles. The summed E-state index contributed by atoms with van der Waals surface area (Å²) in [4.78, 5) is 38.1. The highest BCUT2D eigenvalue weighted by Gasteiger charge is 2.19. The average molecular weight is 920 g/mol. The molecule has 0 N–H and O–H groups in total. The topological polar surface area (TPSA) is 78.9 Å². The number of carbonyl (C=O) groups excluding carboxylic acids is 3. The number of esters is 3. The van der Waals surface area contributed by atoms with Crippen molar-refractivity contribution in [2.75, 3.05) is 13.2 Å². The predicted molar refractivity (Wildman–Crippen MR) is 280 cm³/mol. The summed E-state index contributed by atoms with van der Waals surface area (Å²) in [5.41, 5.74) is 0. The van der Waals surface area contributed by atoms with Gasteiger partial charge in [0.2, 0.25) is 0 Å². The molecule has 1 atom stereocenters. The Balaban J connectivity index is 4.26. The molecule has 0 aromatic rings. The Bertz CT molecular complexity index is 993. The normalized spacial score (nSPS) is 12.0. The molecule has 0 aromatic carbocycles. The Morgan fingerprint density at radius 2 is 0.508 bits per heavy atom. The van der Waals surface area contributed by atoms with E-state index in [1.807, 2.05) is 0 Å². The minimum Gasteiger partial charge on any atom is -0.462 e. The van der Waals surface area contributed by atoms with Crippen LogP contribution in [0.15, 0.2) is 0 Å². The molecule has 0 aromatic heterocycles. The van der Waals surface area contributed by atoms with Crippen LogP contribution in [0.4, 0.5) is 0 Å². The summed E-state index contributed by atoms with van der Waals surface area (Å²) in [6, 6.07) is 0. The molecule has 0 bridgehead atoms. The van der Waals surface area contributed by atoms with Crippen LogP contribution in [-0.4, -0.2) is 37.2 Å². The SMILES string of the molecule is CCCCCCCCCCCCCCC(=O)OC[C@@H](COC(=O)CCCCCCCCCCCCCCCCCCC(C)C)OC(=O)CCCCCCCCCCCCCCCC(C)C. The molecule has 0 spiro atoms. The maximum Gasteiger partial charge on any atom is 0.306 e. The van der Waals surface area contributed by atoms with Crippen molar-refractivity contribution < 1.29 is 28.6 Å². The first-order chi connectivity index (χ1) is 31.7. The molecule has 0 saturated heterocycles. The first-order valence-electron chi connectivity index (χ1n) is 29.2. The van der Waals surface area contributed by atoms with Crippen molar-refractivity contribution in [2.24, 2.45) is 11.8 Å². The minimum atomic E-state index is -0.762. The molecular formula is C59H114O6. The number of ether oxygens (including phenoxy) is 3. The molecular weight excluding hydrogens is 805 g/mol. The average Bonchev–Trinajstić information content (AvgIpc) is 3.28. The Morgan fingerprint density at radius 1 is 0.292 bits per heavy atom. The second kappa shape index (κ2) is 51.8. The van der Waals surface area contributed by atoms with Gasteiger partial charge in [0.15, 0.2) is 6.10 Å². The van der Waals surface area contributed by atoms with E-state index < -0.39 is 6.10 Å². The van der Waals surface area contributed by atoms with Gasteiger partial charge in [0.05, 0.1) is 0 Å². The van der Waals surface area contributed by atoms with E-state index in [2.05, 4.69) is 34.6 Å². The second-order valence-electron chi connectivity index (χ2n) is 21.2. The van der Waals surface area contributed by atoms with E-state index in [0.717, 1.165) is 69.6 Å². The van der Waals surface area contributed by atoms with Crippen molar-refractivity contribution >= 4 is 17.9 Å². The monoisotopic (exact) mass is 919 g/mol. The molecule has 0 amide bonds. The summed E-state index contributed by atoms with van der Waals surface area (Å²) in [6.07, 6.45) is 55.2. The third kappa shape index (κ3) is 53.2. The number of hydrogen-bond donors (Lipinski definition) is 0. The molecule has 0 radical (unpaired) electrons. The highest BCUT2D eigenvalue weighted by atomic mass is 16.6. The highest BCUT2D eigenvalue weighted by molar-refractivity contribution is 5.71. The Kier molecular flexibility index (Phi) is 50.5. The third-order valence-electron chi connectivity index (χ3n) is 13.5. The zero-order chi connectivity index (χ0) is 47.5. The Morgan fingerprint density at radius 3 is 0.754 bits per heavy atom.